The van der Waals surface area contributed by atoms with E-state index < -0.39 is 5.97 Å². The van der Waals surface area contributed by atoms with Gasteiger partial charge in [-0.05, 0) is 48.5 Å². The summed E-state index contributed by atoms with van der Waals surface area (Å²) >= 11 is 7.22. The third-order valence-electron chi connectivity index (χ3n) is 3.78. The van der Waals surface area contributed by atoms with Gasteiger partial charge < -0.3 is 9.15 Å². The van der Waals surface area contributed by atoms with E-state index in [0.29, 0.717) is 22.1 Å². The van der Waals surface area contributed by atoms with E-state index in [1.165, 1.54) is 25.1 Å². The predicted octanol–water partition coefficient (Wildman–Crippen LogP) is 4.63. The van der Waals surface area contributed by atoms with Crippen LogP contribution in [-0.4, -0.2) is 31.0 Å². The summed E-state index contributed by atoms with van der Waals surface area (Å²) in [5.41, 5.74) is 3.73. The van der Waals surface area contributed by atoms with Crippen molar-refractivity contribution in [1.29, 1.82) is 0 Å². The first-order chi connectivity index (χ1) is 14.0. The highest BCUT2D eigenvalue weighted by Gasteiger charge is 2.08. The maximum absolute atomic E-state index is 11.9. The fraction of sp³-hybridized carbons (Fsp3) is 0.0952. The van der Waals surface area contributed by atoms with Crippen molar-refractivity contribution in [1.82, 2.24) is 5.43 Å². The first-order valence-electron chi connectivity index (χ1n) is 8.54. The van der Waals surface area contributed by atoms with Crippen molar-refractivity contribution in [2.24, 2.45) is 5.10 Å². The Hall–Kier alpha value is -3.03. The van der Waals surface area contributed by atoms with E-state index in [0.717, 1.165) is 10.5 Å². The number of amides is 1. The van der Waals surface area contributed by atoms with Gasteiger partial charge >= 0.3 is 5.97 Å². The molecule has 0 bridgehead atoms. The SMILES string of the molecule is COC(=O)c1ccc(-c2ccc(/C=N\NC(=O)CSc3ccc(Cl)cc3)o2)cc1. The molecule has 1 aromatic heterocycles. The zero-order valence-corrected chi connectivity index (χ0v) is 17.0. The summed E-state index contributed by atoms with van der Waals surface area (Å²) < 4.78 is 10.4. The molecule has 1 heterocycles. The van der Waals surface area contributed by atoms with E-state index in [2.05, 4.69) is 15.3 Å². The molecule has 6 nitrogen and oxygen atoms in total. The Morgan fingerprint density at radius 3 is 2.52 bits per heavy atom. The van der Waals surface area contributed by atoms with Crippen molar-refractivity contribution in [3.8, 4) is 11.3 Å². The molecule has 0 saturated heterocycles. The normalized spacial score (nSPS) is 10.8. The number of esters is 1. The molecule has 1 N–H and O–H groups in total. The number of hydrogen-bond donors (Lipinski definition) is 1. The van der Waals surface area contributed by atoms with Crippen molar-refractivity contribution in [2.45, 2.75) is 4.90 Å². The number of hydrazone groups is 1. The molecule has 2 aromatic carbocycles. The second-order valence-corrected chi connectivity index (χ2v) is 7.29. The standard InChI is InChI=1S/C21H17ClN2O4S/c1-27-21(26)15-4-2-14(3-5-15)19-11-8-17(28-19)12-23-24-20(25)13-29-18-9-6-16(22)7-10-18/h2-12H,13H2,1H3,(H,24,25)/b23-12-. The van der Waals surface area contributed by atoms with E-state index in [9.17, 15) is 9.59 Å². The van der Waals surface area contributed by atoms with Crippen LogP contribution < -0.4 is 5.43 Å². The third kappa shape index (κ3) is 5.97. The molecule has 3 aromatic rings. The van der Waals surface area contributed by atoms with Gasteiger partial charge in [-0.1, -0.05) is 23.7 Å². The fourth-order valence-corrected chi connectivity index (χ4v) is 3.16. The second-order valence-electron chi connectivity index (χ2n) is 5.81. The van der Waals surface area contributed by atoms with Crippen molar-refractivity contribution in [3.05, 3.63) is 77.0 Å². The van der Waals surface area contributed by atoms with Crippen LogP contribution in [-0.2, 0) is 9.53 Å². The Labute approximate surface area is 176 Å². The average molecular weight is 429 g/mol. The Bertz CT molecular complexity index is 1010. The lowest BCUT2D eigenvalue weighted by atomic mass is 10.1. The summed E-state index contributed by atoms with van der Waals surface area (Å²) in [6, 6.07) is 17.6. The Morgan fingerprint density at radius 2 is 1.83 bits per heavy atom. The fourth-order valence-electron chi connectivity index (χ4n) is 2.35. The molecule has 3 rings (SSSR count). The molecule has 0 fully saturated rings. The molecule has 148 valence electrons. The number of carbonyl (C=O) groups excluding carboxylic acids is 2. The van der Waals surface area contributed by atoms with Crippen LogP contribution in [0.25, 0.3) is 11.3 Å². The van der Waals surface area contributed by atoms with Gasteiger partial charge in [-0.25, -0.2) is 10.2 Å². The van der Waals surface area contributed by atoms with E-state index in [4.69, 9.17) is 16.0 Å². The Morgan fingerprint density at radius 1 is 1.10 bits per heavy atom. The van der Waals surface area contributed by atoms with Crippen LogP contribution in [0.2, 0.25) is 5.02 Å². The molecular weight excluding hydrogens is 412 g/mol. The maximum atomic E-state index is 11.9. The molecule has 8 heteroatoms. The smallest absolute Gasteiger partial charge is 0.337 e. The van der Waals surface area contributed by atoms with Crippen LogP contribution in [0.3, 0.4) is 0 Å². The first-order valence-corrected chi connectivity index (χ1v) is 9.90. The first kappa shape index (κ1) is 20.7. The summed E-state index contributed by atoms with van der Waals surface area (Å²) in [4.78, 5) is 24.3. The van der Waals surface area contributed by atoms with Crippen LogP contribution in [0, 0.1) is 0 Å². The minimum atomic E-state index is -0.395. The van der Waals surface area contributed by atoms with Gasteiger partial charge in [-0.2, -0.15) is 5.10 Å². The number of halogens is 1. The highest BCUT2D eigenvalue weighted by atomic mass is 35.5. The van der Waals surface area contributed by atoms with Gasteiger partial charge in [0.05, 0.1) is 24.6 Å². The molecule has 0 saturated carbocycles. The molecule has 0 atom stereocenters. The summed E-state index contributed by atoms with van der Waals surface area (Å²) in [7, 11) is 1.34. The third-order valence-corrected chi connectivity index (χ3v) is 5.05. The quantitative estimate of drug-likeness (QED) is 0.257. The van der Waals surface area contributed by atoms with E-state index in [1.807, 2.05) is 12.1 Å². The molecule has 1 amide bonds. The number of rotatable bonds is 7. The monoisotopic (exact) mass is 428 g/mol. The molecule has 0 spiro atoms. The van der Waals surface area contributed by atoms with E-state index in [-0.39, 0.29) is 11.7 Å². The lowest BCUT2D eigenvalue weighted by Crippen LogP contribution is -2.19. The van der Waals surface area contributed by atoms with E-state index in [1.54, 1.807) is 48.5 Å². The number of thioether (sulfide) groups is 1. The minimum Gasteiger partial charge on any atom is -0.465 e. The van der Waals surface area contributed by atoms with Crippen LogP contribution >= 0.6 is 23.4 Å². The molecule has 0 unspecified atom stereocenters. The predicted molar refractivity (Wildman–Crippen MR) is 113 cm³/mol. The Balaban J connectivity index is 1.51. The lowest BCUT2D eigenvalue weighted by molar-refractivity contribution is -0.118. The van der Waals surface area contributed by atoms with Gasteiger partial charge in [0, 0.05) is 15.5 Å². The number of nitrogens with one attached hydrogen (secondary N) is 1. The number of carbonyl (C=O) groups is 2. The van der Waals surface area contributed by atoms with Gasteiger partial charge in [0.25, 0.3) is 0 Å². The number of furan rings is 1. The lowest BCUT2D eigenvalue weighted by Gasteiger charge is -2.01. The molecule has 0 aliphatic rings. The summed E-state index contributed by atoms with van der Waals surface area (Å²) in [6.45, 7) is 0. The molecule has 0 radical (unpaired) electrons. The highest BCUT2D eigenvalue weighted by molar-refractivity contribution is 8.00. The van der Waals surface area contributed by atoms with Crippen molar-refractivity contribution in [3.63, 3.8) is 0 Å². The van der Waals surface area contributed by atoms with E-state index >= 15 is 0 Å². The van der Waals surface area contributed by atoms with Gasteiger partial charge in [0.2, 0.25) is 5.91 Å². The molecular formula is C21H17ClN2O4S. The number of ether oxygens (including phenoxy) is 1. The second kappa shape index (κ2) is 9.95. The Kier molecular flexibility index (Phi) is 7.10. The molecule has 0 aliphatic carbocycles. The number of benzene rings is 2. The van der Waals surface area contributed by atoms with Gasteiger partial charge in [0.1, 0.15) is 11.5 Å². The van der Waals surface area contributed by atoms with Crippen molar-refractivity contribution < 1.29 is 18.7 Å². The largest absolute Gasteiger partial charge is 0.465 e. The summed E-state index contributed by atoms with van der Waals surface area (Å²) in [5.74, 6) is 0.713. The van der Waals surface area contributed by atoms with Crippen LogP contribution in [0.15, 0.2) is 75.1 Å². The van der Waals surface area contributed by atoms with Gasteiger partial charge in [0.15, 0.2) is 0 Å². The maximum Gasteiger partial charge on any atom is 0.337 e. The number of hydrogen-bond acceptors (Lipinski definition) is 6. The highest BCUT2D eigenvalue weighted by Crippen LogP contribution is 2.22. The van der Waals surface area contributed by atoms with Gasteiger partial charge in [-0.3, -0.25) is 4.79 Å². The molecule has 0 aliphatic heterocycles. The van der Waals surface area contributed by atoms with Crippen molar-refractivity contribution >= 4 is 41.5 Å². The summed E-state index contributed by atoms with van der Waals surface area (Å²) in [6.07, 6.45) is 1.43. The van der Waals surface area contributed by atoms with Crippen LogP contribution in [0.5, 0.6) is 0 Å². The molecule has 29 heavy (non-hydrogen) atoms. The topological polar surface area (TPSA) is 80.9 Å². The van der Waals surface area contributed by atoms with Crippen LogP contribution in [0.4, 0.5) is 0 Å². The zero-order chi connectivity index (χ0) is 20.6. The summed E-state index contributed by atoms with van der Waals surface area (Å²) in [5, 5.41) is 4.56. The number of nitrogens with zero attached hydrogens (tertiary/aromatic N) is 1. The minimum absolute atomic E-state index is 0.230. The van der Waals surface area contributed by atoms with Gasteiger partial charge in [-0.15, -0.1) is 11.8 Å². The zero-order valence-electron chi connectivity index (χ0n) is 15.4. The van der Waals surface area contributed by atoms with Crippen molar-refractivity contribution in [2.75, 3.05) is 12.9 Å². The number of methoxy groups -OCH3 is 1. The average Bonchev–Trinajstić information content (AvgIpc) is 3.22. The van der Waals surface area contributed by atoms with Crippen LogP contribution in [0.1, 0.15) is 16.1 Å².